The van der Waals surface area contributed by atoms with Crippen molar-refractivity contribution >= 4 is 35.1 Å². The summed E-state index contributed by atoms with van der Waals surface area (Å²) < 4.78 is 0.807. The molecule has 0 saturated heterocycles. The molecular formula is C15H15ClN4O5. The number of aromatic carboxylic acids is 2. The molecule has 9 nitrogen and oxygen atoms in total. The maximum atomic E-state index is 12.6. The second-order valence-electron chi connectivity index (χ2n) is 5.21. The van der Waals surface area contributed by atoms with E-state index < -0.39 is 35.3 Å². The van der Waals surface area contributed by atoms with Crippen LogP contribution >= 0.6 is 11.6 Å². The van der Waals surface area contributed by atoms with Crippen molar-refractivity contribution in [1.29, 1.82) is 0 Å². The Morgan fingerprint density at radius 2 is 1.96 bits per heavy atom. The number of amides is 1. The van der Waals surface area contributed by atoms with E-state index in [0.29, 0.717) is 10.7 Å². The molecule has 0 bridgehead atoms. The van der Waals surface area contributed by atoms with Gasteiger partial charge in [0, 0.05) is 10.7 Å². The first-order valence-corrected chi connectivity index (χ1v) is 7.62. The van der Waals surface area contributed by atoms with Gasteiger partial charge < -0.3 is 15.5 Å². The molecule has 1 heterocycles. The van der Waals surface area contributed by atoms with E-state index in [1.54, 1.807) is 32.0 Å². The monoisotopic (exact) mass is 366 g/mol. The first kappa shape index (κ1) is 18.4. The molecule has 0 radical (unpaired) electrons. The molecule has 25 heavy (non-hydrogen) atoms. The molecule has 0 saturated carbocycles. The van der Waals surface area contributed by atoms with Gasteiger partial charge in [-0.1, -0.05) is 29.8 Å². The summed E-state index contributed by atoms with van der Waals surface area (Å²) >= 11 is 5.91. The van der Waals surface area contributed by atoms with Crippen LogP contribution in [0.5, 0.6) is 0 Å². The molecule has 3 N–H and O–H groups in total. The van der Waals surface area contributed by atoms with Crippen LogP contribution in [0.4, 0.5) is 5.69 Å². The molecule has 0 spiro atoms. The number of halogens is 1. The molecule has 10 heteroatoms. The molecule has 1 aromatic carbocycles. The second-order valence-corrected chi connectivity index (χ2v) is 5.65. The summed E-state index contributed by atoms with van der Waals surface area (Å²) in [5.41, 5.74) is -0.155. The molecule has 2 aromatic rings. The Morgan fingerprint density at radius 3 is 2.52 bits per heavy atom. The van der Waals surface area contributed by atoms with E-state index in [-0.39, 0.29) is 6.42 Å². The average Bonchev–Trinajstić information content (AvgIpc) is 2.97. The third-order valence-corrected chi connectivity index (χ3v) is 3.78. The Morgan fingerprint density at radius 1 is 1.28 bits per heavy atom. The van der Waals surface area contributed by atoms with Gasteiger partial charge in [0.15, 0.2) is 5.69 Å². The van der Waals surface area contributed by atoms with Gasteiger partial charge >= 0.3 is 11.9 Å². The molecule has 2 rings (SSSR count). The van der Waals surface area contributed by atoms with Gasteiger partial charge in [0.05, 0.1) is 0 Å². The van der Waals surface area contributed by atoms with Gasteiger partial charge in [-0.25, -0.2) is 14.3 Å². The normalized spacial score (nSPS) is 11.8. The third-order valence-electron chi connectivity index (χ3n) is 3.54. The van der Waals surface area contributed by atoms with Crippen molar-refractivity contribution < 1.29 is 24.6 Å². The lowest BCUT2D eigenvalue weighted by Gasteiger charge is -2.17. The standard InChI is InChI=1S/C15H15ClN4O5/c1-3-10(13(21)17-9-6-8(16)5-4-7(9)2)20-12(15(24)25)11(14(22)23)18-19-20/h4-6,10H,3H2,1-2H3,(H,17,21)(H,22,23)(H,24,25)/t10-/m0/s1. The van der Waals surface area contributed by atoms with Crippen LogP contribution in [0.15, 0.2) is 18.2 Å². The SMILES string of the molecule is CC[C@@H](C(=O)Nc1cc(Cl)ccc1C)n1nnc(C(=O)O)c1C(=O)O. The van der Waals surface area contributed by atoms with Crippen LogP contribution in [0.1, 0.15) is 45.9 Å². The number of carbonyl (C=O) groups excluding carboxylic acids is 1. The molecule has 0 fully saturated rings. The summed E-state index contributed by atoms with van der Waals surface area (Å²) in [5, 5.41) is 28.3. The van der Waals surface area contributed by atoms with Crippen molar-refractivity contribution in [2.24, 2.45) is 0 Å². The summed E-state index contributed by atoms with van der Waals surface area (Å²) in [6.07, 6.45) is 0.175. The number of rotatable bonds is 6. The molecule has 1 aromatic heterocycles. The number of anilines is 1. The predicted octanol–water partition coefficient (Wildman–Crippen LogP) is 2.23. The fraction of sp³-hybridized carbons (Fsp3) is 0.267. The first-order chi connectivity index (χ1) is 11.8. The number of carboxylic acid groups (broad SMARTS) is 2. The van der Waals surface area contributed by atoms with Gasteiger partial charge in [-0.15, -0.1) is 5.10 Å². The van der Waals surface area contributed by atoms with Crippen molar-refractivity contribution in [2.75, 3.05) is 5.32 Å². The number of aromatic nitrogens is 3. The summed E-state index contributed by atoms with van der Waals surface area (Å²) in [5.74, 6) is -3.63. The zero-order valence-corrected chi connectivity index (χ0v) is 14.1. The van der Waals surface area contributed by atoms with Crippen LogP contribution in [-0.2, 0) is 4.79 Å². The molecule has 0 aliphatic rings. The quantitative estimate of drug-likeness (QED) is 0.713. The van der Waals surface area contributed by atoms with Crippen molar-refractivity contribution in [3.8, 4) is 0 Å². The molecule has 1 atom stereocenters. The van der Waals surface area contributed by atoms with Crippen LogP contribution in [0.3, 0.4) is 0 Å². The van der Waals surface area contributed by atoms with Gasteiger partial charge in [-0.2, -0.15) is 0 Å². The Hall–Kier alpha value is -2.94. The van der Waals surface area contributed by atoms with Crippen molar-refractivity contribution in [3.05, 3.63) is 40.2 Å². The third kappa shape index (κ3) is 3.77. The van der Waals surface area contributed by atoms with Crippen LogP contribution in [0.2, 0.25) is 5.02 Å². The van der Waals surface area contributed by atoms with Gasteiger partial charge in [-0.05, 0) is 31.0 Å². The molecule has 0 aliphatic carbocycles. The Bertz CT molecular complexity index is 848. The van der Waals surface area contributed by atoms with Crippen molar-refractivity contribution in [2.45, 2.75) is 26.3 Å². The van der Waals surface area contributed by atoms with Crippen molar-refractivity contribution in [3.63, 3.8) is 0 Å². The number of nitrogens with zero attached hydrogens (tertiary/aromatic N) is 3. The van der Waals surface area contributed by atoms with Gasteiger partial charge in [0.1, 0.15) is 6.04 Å². The lowest BCUT2D eigenvalue weighted by atomic mass is 10.1. The summed E-state index contributed by atoms with van der Waals surface area (Å²) in [7, 11) is 0. The smallest absolute Gasteiger partial charge is 0.359 e. The highest BCUT2D eigenvalue weighted by molar-refractivity contribution is 6.31. The van der Waals surface area contributed by atoms with E-state index in [9.17, 15) is 19.5 Å². The van der Waals surface area contributed by atoms with E-state index in [1.807, 2.05) is 0 Å². The molecule has 132 valence electrons. The summed E-state index contributed by atoms with van der Waals surface area (Å²) in [6.45, 7) is 3.41. The Balaban J connectivity index is 2.40. The average molecular weight is 367 g/mol. The molecule has 0 unspecified atom stereocenters. The number of aryl methyl sites for hydroxylation is 1. The Labute approximate surface area is 147 Å². The van der Waals surface area contributed by atoms with Crippen LogP contribution in [0.25, 0.3) is 0 Å². The first-order valence-electron chi connectivity index (χ1n) is 7.25. The fourth-order valence-electron chi connectivity index (χ4n) is 2.27. The fourth-order valence-corrected chi connectivity index (χ4v) is 2.44. The minimum absolute atomic E-state index is 0.175. The number of hydrogen-bond acceptors (Lipinski definition) is 5. The van der Waals surface area contributed by atoms with E-state index in [4.69, 9.17) is 16.7 Å². The lowest BCUT2D eigenvalue weighted by Crippen LogP contribution is -2.29. The van der Waals surface area contributed by atoms with Gasteiger partial charge in [-0.3, -0.25) is 4.79 Å². The van der Waals surface area contributed by atoms with E-state index in [1.165, 1.54) is 0 Å². The highest BCUT2D eigenvalue weighted by atomic mass is 35.5. The number of carbonyl (C=O) groups is 3. The maximum Gasteiger partial charge on any atom is 0.359 e. The predicted molar refractivity (Wildman–Crippen MR) is 88.1 cm³/mol. The highest BCUT2D eigenvalue weighted by Gasteiger charge is 2.31. The molecule has 1 amide bonds. The second kappa shape index (κ2) is 7.31. The molecule has 0 aliphatic heterocycles. The zero-order valence-electron chi connectivity index (χ0n) is 13.4. The van der Waals surface area contributed by atoms with E-state index in [0.717, 1.165) is 10.2 Å². The number of nitrogens with one attached hydrogen (secondary N) is 1. The number of carboxylic acids is 2. The maximum absolute atomic E-state index is 12.6. The van der Waals surface area contributed by atoms with Crippen molar-refractivity contribution in [1.82, 2.24) is 15.0 Å². The van der Waals surface area contributed by atoms with E-state index >= 15 is 0 Å². The van der Waals surface area contributed by atoms with Gasteiger partial charge in [0.2, 0.25) is 11.6 Å². The van der Waals surface area contributed by atoms with E-state index in [2.05, 4.69) is 15.6 Å². The summed E-state index contributed by atoms with van der Waals surface area (Å²) in [6, 6.07) is 3.90. The number of benzene rings is 1. The summed E-state index contributed by atoms with van der Waals surface area (Å²) in [4.78, 5) is 35.1. The van der Waals surface area contributed by atoms with Crippen LogP contribution in [0, 0.1) is 6.92 Å². The highest BCUT2D eigenvalue weighted by Crippen LogP contribution is 2.23. The largest absolute Gasteiger partial charge is 0.476 e. The van der Waals surface area contributed by atoms with Crippen LogP contribution in [-0.4, -0.2) is 43.1 Å². The number of hydrogen-bond donors (Lipinski definition) is 3. The zero-order chi connectivity index (χ0) is 18.7. The lowest BCUT2D eigenvalue weighted by molar-refractivity contribution is -0.119. The topological polar surface area (TPSA) is 134 Å². The van der Waals surface area contributed by atoms with Crippen LogP contribution < -0.4 is 5.32 Å². The minimum Gasteiger partial charge on any atom is -0.476 e. The van der Waals surface area contributed by atoms with Gasteiger partial charge in [0.25, 0.3) is 0 Å². The minimum atomic E-state index is -1.54. The molecular weight excluding hydrogens is 352 g/mol. The Kier molecular flexibility index (Phi) is 5.38.